The highest BCUT2D eigenvalue weighted by molar-refractivity contribution is 4.66. The van der Waals surface area contributed by atoms with Crippen molar-refractivity contribution in [1.82, 2.24) is 0 Å². The number of hydrogen-bond donors (Lipinski definition) is 3. The molecule has 0 saturated carbocycles. The minimum Gasteiger partial charge on any atom is -0.396 e. The standard InChI is InChI=1S/C14H28O3/c1-2-3-4-5-6-7-8-9-14(17)10-13(11-15)12-16/h2,13-17H,1,3-12H2. The normalized spacial score (nSPS) is 12.9. The van der Waals surface area contributed by atoms with Crippen LogP contribution in [0.3, 0.4) is 0 Å². The third-order valence-electron chi connectivity index (χ3n) is 3.07. The Morgan fingerprint density at radius 1 is 0.941 bits per heavy atom. The van der Waals surface area contributed by atoms with Crippen molar-refractivity contribution >= 4 is 0 Å². The number of rotatable bonds is 12. The zero-order chi connectivity index (χ0) is 12.9. The molecule has 0 aliphatic rings. The van der Waals surface area contributed by atoms with Crippen molar-refractivity contribution in [2.45, 2.75) is 57.5 Å². The maximum atomic E-state index is 9.69. The van der Waals surface area contributed by atoms with Gasteiger partial charge in [-0.2, -0.15) is 0 Å². The van der Waals surface area contributed by atoms with Crippen LogP contribution >= 0.6 is 0 Å². The number of allylic oxidation sites excluding steroid dienone is 1. The van der Waals surface area contributed by atoms with E-state index in [1.807, 2.05) is 6.08 Å². The molecule has 3 nitrogen and oxygen atoms in total. The molecule has 0 fully saturated rings. The van der Waals surface area contributed by atoms with Gasteiger partial charge in [0.25, 0.3) is 0 Å². The summed E-state index contributed by atoms with van der Waals surface area (Å²) in [5, 5.41) is 27.5. The first-order valence-corrected chi connectivity index (χ1v) is 6.75. The molecular weight excluding hydrogens is 216 g/mol. The highest BCUT2D eigenvalue weighted by Gasteiger charge is 2.12. The quantitative estimate of drug-likeness (QED) is 0.364. The first kappa shape index (κ1) is 16.6. The van der Waals surface area contributed by atoms with E-state index in [2.05, 4.69) is 6.58 Å². The molecule has 3 heteroatoms. The summed E-state index contributed by atoms with van der Waals surface area (Å²) in [5.74, 6) is -0.169. The van der Waals surface area contributed by atoms with Gasteiger partial charge in [-0.15, -0.1) is 6.58 Å². The monoisotopic (exact) mass is 244 g/mol. The van der Waals surface area contributed by atoms with E-state index < -0.39 is 0 Å². The predicted octanol–water partition coefficient (Wildman–Crippen LogP) is 2.25. The molecule has 0 bridgehead atoms. The minimum atomic E-state index is -0.382. The molecule has 0 aliphatic carbocycles. The summed E-state index contributed by atoms with van der Waals surface area (Å²) in [5.41, 5.74) is 0. The molecule has 0 aromatic carbocycles. The zero-order valence-electron chi connectivity index (χ0n) is 10.9. The Hall–Kier alpha value is -0.380. The van der Waals surface area contributed by atoms with Crippen molar-refractivity contribution in [2.24, 2.45) is 5.92 Å². The lowest BCUT2D eigenvalue weighted by molar-refractivity contribution is 0.0773. The smallest absolute Gasteiger partial charge is 0.0544 e. The van der Waals surface area contributed by atoms with Crippen LogP contribution in [0.5, 0.6) is 0 Å². The van der Waals surface area contributed by atoms with Crippen LogP contribution in [-0.4, -0.2) is 34.6 Å². The van der Waals surface area contributed by atoms with Gasteiger partial charge in [0.1, 0.15) is 0 Å². The first-order chi connectivity index (χ1) is 8.24. The van der Waals surface area contributed by atoms with E-state index in [4.69, 9.17) is 10.2 Å². The van der Waals surface area contributed by atoms with Gasteiger partial charge in [0.2, 0.25) is 0 Å². The number of aliphatic hydroxyl groups excluding tert-OH is 3. The first-order valence-electron chi connectivity index (χ1n) is 6.75. The lowest BCUT2D eigenvalue weighted by Crippen LogP contribution is -2.19. The van der Waals surface area contributed by atoms with Crippen LogP contribution in [0.2, 0.25) is 0 Å². The van der Waals surface area contributed by atoms with Crippen LogP contribution in [-0.2, 0) is 0 Å². The van der Waals surface area contributed by atoms with E-state index in [0.717, 1.165) is 25.7 Å². The van der Waals surface area contributed by atoms with Gasteiger partial charge in [0.15, 0.2) is 0 Å². The lowest BCUT2D eigenvalue weighted by atomic mass is 9.99. The maximum absolute atomic E-state index is 9.69. The Bertz CT molecular complexity index is 167. The van der Waals surface area contributed by atoms with Crippen LogP contribution < -0.4 is 0 Å². The molecule has 0 aliphatic heterocycles. The van der Waals surface area contributed by atoms with Crippen LogP contribution in [0.4, 0.5) is 0 Å². The lowest BCUT2D eigenvalue weighted by Gasteiger charge is -2.15. The molecule has 17 heavy (non-hydrogen) atoms. The number of hydrogen-bond acceptors (Lipinski definition) is 3. The van der Waals surface area contributed by atoms with E-state index in [1.165, 1.54) is 19.3 Å². The summed E-state index contributed by atoms with van der Waals surface area (Å²) < 4.78 is 0. The molecule has 1 unspecified atom stereocenters. The fourth-order valence-electron chi connectivity index (χ4n) is 1.91. The molecule has 102 valence electrons. The summed E-state index contributed by atoms with van der Waals surface area (Å²) in [6.07, 6.45) is 9.78. The van der Waals surface area contributed by atoms with Crippen molar-refractivity contribution in [3.05, 3.63) is 12.7 Å². The van der Waals surface area contributed by atoms with Crippen LogP contribution in [0, 0.1) is 5.92 Å². The summed E-state index contributed by atoms with van der Waals surface area (Å²) in [4.78, 5) is 0. The molecule has 1 atom stereocenters. The molecule has 0 aromatic heterocycles. The van der Waals surface area contributed by atoms with Crippen LogP contribution in [0.15, 0.2) is 12.7 Å². The van der Waals surface area contributed by atoms with Gasteiger partial charge >= 0.3 is 0 Å². The highest BCUT2D eigenvalue weighted by Crippen LogP contribution is 2.13. The average Bonchev–Trinajstić information content (AvgIpc) is 2.34. The third kappa shape index (κ3) is 10.5. The van der Waals surface area contributed by atoms with E-state index in [9.17, 15) is 5.11 Å². The van der Waals surface area contributed by atoms with Crippen molar-refractivity contribution in [1.29, 1.82) is 0 Å². The van der Waals surface area contributed by atoms with Crippen molar-refractivity contribution in [3.8, 4) is 0 Å². The molecule has 0 aromatic rings. The molecule has 0 amide bonds. The molecular formula is C14H28O3. The fourth-order valence-corrected chi connectivity index (χ4v) is 1.91. The molecule has 0 spiro atoms. The Balaban J connectivity index is 3.32. The summed E-state index contributed by atoms with van der Waals surface area (Å²) in [6.45, 7) is 3.59. The largest absolute Gasteiger partial charge is 0.396 e. The second-order valence-electron chi connectivity index (χ2n) is 4.75. The molecule has 0 radical (unpaired) electrons. The Morgan fingerprint density at radius 3 is 2.12 bits per heavy atom. The maximum Gasteiger partial charge on any atom is 0.0544 e. The molecule has 3 N–H and O–H groups in total. The van der Waals surface area contributed by atoms with Crippen LogP contribution in [0.25, 0.3) is 0 Å². The van der Waals surface area contributed by atoms with E-state index in [-0.39, 0.29) is 25.2 Å². The molecule has 0 saturated heterocycles. The summed E-state index contributed by atoms with van der Waals surface area (Å²) >= 11 is 0. The predicted molar refractivity (Wildman–Crippen MR) is 70.8 cm³/mol. The van der Waals surface area contributed by atoms with Gasteiger partial charge in [-0.25, -0.2) is 0 Å². The second-order valence-corrected chi connectivity index (χ2v) is 4.75. The number of aliphatic hydroxyl groups is 3. The van der Waals surface area contributed by atoms with Crippen molar-refractivity contribution < 1.29 is 15.3 Å². The average molecular weight is 244 g/mol. The number of unbranched alkanes of at least 4 members (excludes halogenated alkanes) is 5. The van der Waals surface area contributed by atoms with Crippen molar-refractivity contribution in [3.63, 3.8) is 0 Å². The minimum absolute atomic E-state index is 0.0465. The fraction of sp³-hybridized carbons (Fsp3) is 0.857. The van der Waals surface area contributed by atoms with E-state index in [0.29, 0.717) is 6.42 Å². The van der Waals surface area contributed by atoms with Gasteiger partial charge < -0.3 is 15.3 Å². The molecule has 0 rings (SSSR count). The van der Waals surface area contributed by atoms with Gasteiger partial charge in [0.05, 0.1) is 6.10 Å². The van der Waals surface area contributed by atoms with E-state index in [1.54, 1.807) is 0 Å². The molecule has 0 heterocycles. The van der Waals surface area contributed by atoms with Gasteiger partial charge in [0, 0.05) is 19.1 Å². The topological polar surface area (TPSA) is 60.7 Å². The SMILES string of the molecule is C=CCCCCCCCC(O)CC(CO)CO. The highest BCUT2D eigenvalue weighted by atomic mass is 16.3. The Kier molecular flexibility index (Phi) is 11.8. The Morgan fingerprint density at radius 2 is 1.53 bits per heavy atom. The van der Waals surface area contributed by atoms with Gasteiger partial charge in [-0.1, -0.05) is 31.8 Å². The van der Waals surface area contributed by atoms with Gasteiger partial charge in [-0.05, 0) is 25.7 Å². The zero-order valence-corrected chi connectivity index (χ0v) is 10.9. The van der Waals surface area contributed by atoms with E-state index >= 15 is 0 Å². The second kappa shape index (κ2) is 12.1. The van der Waals surface area contributed by atoms with Gasteiger partial charge in [-0.3, -0.25) is 0 Å². The summed E-state index contributed by atoms with van der Waals surface area (Å²) in [6, 6.07) is 0. The Labute approximate surface area is 105 Å². The van der Waals surface area contributed by atoms with Crippen LogP contribution in [0.1, 0.15) is 51.4 Å². The van der Waals surface area contributed by atoms with Crippen molar-refractivity contribution in [2.75, 3.05) is 13.2 Å². The summed E-state index contributed by atoms with van der Waals surface area (Å²) in [7, 11) is 0. The third-order valence-corrected chi connectivity index (χ3v) is 3.07.